The average molecular weight is 249 g/mol. The van der Waals surface area contributed by atoms with Gasteiger partial charge in [0.15, 0.2) is 5.58 Å². The number of aromatic nitrogens is 1. The Hall–Kier alpha value is -1.63. The Morgan fingerprint density at radius 2 is 2.33 bits per heavy atom. The fourth-order valence-corrected chi connectivity index (χ4v) is 2.23. The number of rotatable bonds is 2. The van der Waals surface area contributed by atoms with Gasteiger partial charge in [0.2, 0.25) is 0 Å². The van der Waals surface area contributed by atoms with Crippen LogP contribution in [0.2, 0.25) is 0 Å². The minimum atomic E-state index is -0.449. The number of hydrogen-bond donors (Lipinski definition) is 3. The molecule has 2 unspecified atom stereocenters. The number of nitrogens with one attached hydrogen (secondary N) is 2. The predicted octanol–water partition coefficient (Wildman–Crippen LogP) is 0.109. The molecule has 1 aromatic heterocycles. The molecular weight excluding hydrogens is 234 g/mol. The molecule has 0 bridgehead atoms. The highest BCUT2D eigenvalue weighted by molar-refractivity contribution is 5.72. The van der Waals surface area contributed by atoms with Crippen LogP contribution in [0.4, 0.5) is 0 Å². The van der Waals surface area contributed by atoms with Crippen molar-refractivity contribution < 1.29 is 9.15 Å². The van der Waals surface area contributed by atoms with E-state index in [0.717, 1.165) is 18.7 Å². The molecule has 18 heavy (non-hydrogen) atoms. The van der Waals surface area contributed by atoms with Gasteiger partial charge in [-0.1, -0.05) is 6.07 Å². The largest absolute Gasteiger partial charge is 0.417 e. The molecule has 96 valence electrons. The second-order valence-electron chi connectivity index (χ2n) is 4.43. The van der Waals surface area contributed by atoms with E-state index in [2.05, 4.69) is 10.3 Å². The van der Waals surface area contributed by atoms with Crippen LogP contribution in [0, 0.1) is 0 Å². The third-order valence-corrected chi connectivity index (χ3v) is 3.21. The van der Waals surface area contributed by atoms with Crippen molar-refractivity contribution in [1.82, 2.24) is 10.3 Å². The maximum absolute atomic E-state index is 11.1. The van der Waals surface area contributed by atoms with Crippen molar-refractivity contribution in [1.29, 1.82) is 0 Å². The van der Waals surface area contributed by atoms with Gasteiger partial charge >= 0.3 is 5.76 Å². The van der Waals surface area contributed by atoms with Crippen LogP contribution in [-0.2, 0) is 4.74 Å². The van der Waals surface area contributed by atoms with Crippen LogP contribution in [0.5, 0.6) is 0 Å². The smallest absolute Gasteiger partial charge is 0.408 e. The fourth-order valence-electron chi connectivity index (χ4n) is 2.23. The summed E-state index contributed by atoms with van der Waals surface area (Å²) in [6.45, 7) is 2.13. The molecule has 4 N–H and O–H groups in total. The highest BCUT2D eigenvalue weighted by atomic mass is 16.5. The van der Waals surface area contributed by atoms with Gasteiger partial charge in [-0.25, -0.2) is 4.79 Å². The zero-order valence-electron chi connectivity index (χ0n) is 9.81. The molecule has 6 heteroatoms. The van der Waals surface area contributed by atoms with Gasteiger partial charge in [0, 0.05) is 18.6 Å². The van der Waals surface area contributed by atoms with Crippen LogP contribution in [0.3, 0.4) is 0 Å². The SMILES string of the molecule is NC(c1ccc2oc(=O)[nH]c2c1)C1COCCN1. The van der Waals surface area contributed by atoms with Crippen LogP contribution in [-0.4, -0.2) is 30.8 Å². The standard InChI is InChI=1S/C12H15N3O3/c13-11(9-6-17-4-3-14-9)7-1-2-10-8(5-7)15-12(16)18-10/h1-2,5,9,11,14H,3-4,6,13H2,(H,15,16). The summed E-state index contributed by atoms with van der Waals surface area (Å²) in [6.07, 6.45) is 0. The van der Waals surface area contributed by atoms with Crippen molar-refractivity contribution in [2.45, 2.75) is 12.1 Å². The van der Waals surface area contributed by atoms with E-state index >= 15 is 0 Å². The number of morpholine rings is 1. The van der Waals surface area contributed by atoms with Crippen molar-refractivity contribution in [3.63, 3.8) is 0 Å². The van der Waals surface area contributed by atoms with Gasteiger partial charge < -0.3 is 20.2 Å². The van der Waals surface area contributed by atoms with E-state index in [4.69, 9.17) is 14.9 Å². The van der Waals surface area contributed by atoms with Gasteiger partial charge in [0.05, 0.1) is 18.7 Å². The summed E-state index contributed by atoms with van der Waals surface area (Å²) in [5, 5.41) is 3.33. The second kappa shape index (κ2) is 4.56. The average Bonchev–Trinajstić information content (AvgIpc) is 2.78. The fraction of sp³-hybridized carbons (Fsp3) is 0.417. The molecule has 1 aliphatic heterocycles. The third-order valence-electron chi connectivity index (χ3n) is 3.21. The molecular formula is C12H15N3O3. The molecule has 1 aliphatic rings. The number of nitrogens with two attached hydrogens (primary N) is 1. The second-order valence-corrected chi connectivity index (χ2v) is 4.43. The lowest BCUT2D eigenvalue weighted by Gasteiger charge is -2.29. The molecule has 1 saturated heterocycles. The van der Waals surface area contributed by atoms with Gasteiger partial charge in [-0.15, -0.1) is 0 Å². The van der Waals surface area contributed by atoms with Gasteiger partial charge in [0.1, 0.15) is 0 Å². The third kappa shape index (κ3) is 2.05. The number of hydrogen-bond acceptors (Lipinski definition) is 5. The van der Waals surface area contributed by atoms with Gasteiger partial charge in [-0.3, -0.25) is 4.98 Å². The predicted molar refractivity (Wildman–Crippen MR) is 66.4 cm³/mol. The Morgan fingerprint density at radius 3 is 3.11 bits per heavy atom. The molecule has 2 aromatic rings. The molecule has 0 saturated carbocycles. The molecule has 2 heterocycles. The van der Waals surface area contributed by atoms with Gasteiger partial charge in [-0.05, 0) is 17.7 Å². The van der Waals surface area contributed by atoms with Gasteiger partial charge in [0.25, 0.3) is 0 Å². The normalized spacial score (nSPS) is 22.2. The molecule has 1 aromatic carbocycles. The first kappa shape index (κ1) is 11.5. The summed E-state index contributed by atoms with van der Waals surface area (Å²) in [6, 6.07) is 5.40. The molecule has 0 spiro atoms. The first-order valence-corrected chi connectivity index (χ1v) is 5.93. The Bertz CT molecular complexity index is 598. The molecule has 0 amide bonds. The van der Waals surface area contributed by atoms with Crippen molar-refractivity contribution in [3.05, 3.63) is 34.3 Å². The van der Waals surface area contributed by atoms with Crippen LogP contribution < -0.4 is 16.8 Å². The Kier molecular flexibility index (Phi) is 2.91. The minimum Gasteiger partial charge on any atom is -0.408 e. The lowest BCUT2D eigenvalue weighted by molar-refractivity contribution is 0.0685. The van der Waals surface area contributed by atoms with Crippen molar-refractivity contribution in [2.24, 2.45) is 5.73 Å². The van der Waals surface area contributed by atoms with E-state index in [9.17, 15) is 4.79 Å². The molecule has 0 aliphatic carbocycles. The zero-order valence-corrected chi connectivity index (χ0v) is 9.81. The highest BCUT2D eigenvalue weighted by Gasteiger charge is 2.22. The van der Waals surface area contributed by atoms with E-state index in [1.54, 1.807) is 6.07 Å². The van der Waals surface area contributed by atoms with Crippen LogP contribution >= 0.6 is 0 Å². The lowest BCUT2D eigenvalue weighted by Crippen LogP contribution is -2.47. The summed E-state index contributed by atoms with van der Waals surface area (Å²) in [7, 11) is 0. The Labute approximate surface area is 103 Å². The summed E-state index contributed by atoms with van der Waals surface area (Å²) < 4.78 is 10.4. The van der Waals surface area contributed by atoms with E-state index in [1.165, 1.54) is 0 Å². The first-order valence-electron chi connectivity index (χ1n) is 5.93. The summed E-state index contributed by atoms with van der Waals surface area (Å²) in [5.41, 5.74) is 8.37. The van der Waals surface area contributed by atoms with Crippen molar-refractivity contribution >= 4 is 11.1 Å². The van der Waals surface area contributed by atoms with E-state index in [-0.39, 0.29) is 12.1 Å². The van der Waals surface area contributed by atoms with Crippen LogP contribution in [0.15, 0.2) is 27.4 Å². The number of oxazole rings is 1. The van der Waals surface area contributed by atoms with E-state index < -0.39 is 5.76 Å². The van der Waals surface area contributed by atoms with E-state index in [0.29, 0.717) is 17.7 Å². The number of ether oxygens (including phenoxy) is 1. The number of H-pyrrole nitrogens is 1. The number of benzene rings is 1. The van der Waals surface area contributed by atoms with Crippen molar-refractivity contribution in [2.75, 3.05) is 19.8 Å². The first-order chi connectivity index (χ1) is 8.74. The molecule has 2 atom stereocenters. The maximum Gasteiger partial charge on any atom is 0.417 e. The summed E-state index contributed by atoms with van der Waals surface area (Å²) in [4.78, 5) is 13.7. The number of fused-ring (bicyclic) bond motifs is 1. The Morgan fingerprint density at radius 1 is 1.44 bits per heavy atom. The quantitative estimate of drug-likeness (QED) is 0.702. The highest BCUT2D eigenvalue weighted by Crippen LogP contribution is 2.20. The lowest BCUT2D eigenvalue weighted by atomic mass is 10.00. The molecule has 6 nitrogen and oxygen atoms in total. The molecule has 1 fully saturated rings. The summed E-state index contributed by atoms with van der Waals surface area (Å²) in [5.74, 6) is -0.449. The topological polar surface area (TPSA) is 93.3 Å². The molecule has 3 rings (SSSR count). The van der Waals surface area contributed by atoms with Crippen LogP contribution in [0.1, 0.15) is 11.6 Å². The monoisotopic (exact) mass is 249 g/mol. The maximum atomic E-state index is 11.1. The number of aromatic amines is 1. The zero-order chi connectivity index (χ0) is 12.5. The summed E-state index contributed by atoms with van der Waals surface area (Å²) >= 11 is 0. The molecule has 0 radical (unpaired) electrons. The van der Waals surface area contributed by atoms with Gasteiger partial charge in [-0.2, -0.15) is 0 Å². The Balaban J connectivity index is 1.90. The minimum absolute atomic E-state index is 0.0924. The van der Waals surface area contributed by atoms with Crippen molar-refractivity contribution in [3.8, 4) is 0 Å². The van der Waals surface area contributed by atoms with Crippen LogP contribution in [0.25, 0.3) is 11.1 Å². The van der Waals surface area contributed by atoms with E-state index in [1.807, 2.05) is 12.1 Å².